The molecule has 198 valence electrons. The van der Waals surface area contributed by atoms with Gasteiger partial charge in [-0.05, 0) is 46.6 Å². The second-order valence-corrected chi connectivity index (χ2v) is 10.7. The monoisotopic (exact) mass is 529 g/mol. The van der Waals surface area contributed by atoms with E-state index in [0.29, 0.717) is 17.9 Å². The molecule has 0 spiro atoms. The molecule has 13 heteroatoms. The summed E-state index contributed by atoms with van der Waals surface area (Å²) in [5.41, 5.74) is -2.17. The van der Waals surface area contributed by atoms with E-state index < -0.39 is 41.8 Å². The summed E-state index contributed by atoms with van der Waals surface area (Å²) in [6.45, 7) is 6.74. The lowest BCUT2D eigenvalue weighted by Gasteiger charge is -2.23. The first kappa shape index (κ1) is 27.8. The molecule has 0 aromatic carbocycles. The van der Waals surface area contributed by atoms with Crippen LogP contribution in [0.4, 0.5) is 19.0 Å². The van der Waals surface area contributed by atoms with Gasteiger partial charge < -0.3 is 25.7 Å². The normalized spacial score (nSPS) is 17.2. The van der Waals surface area contributed by atoms with Crippen LogP contribution in [0.5, 0.6) is 0 Å². The number of hydrogen-bond acceptors (Lipinski definition) is 8. The minimum atomic E-state index is -4.77. The van der Waals surface area contributed by atoms with E-state index in [9.17, 15) is 27.9 Å². The maximum Gasteiger partial charge on any atom is 0.417 e. The zero-order valence-corrected chi connectivity index (χ0v) is 21.3. The average molecular weight is 530 g/mol. The summed E-state index contributed by atoms with van der Waals surface area (Å²) in [5, 5.41) is 23.5. The third-order valence-corrected chi connectivity index (χ3v) is 6.59. The Bertz CT molecular complexity index is 1120. The van der Waals surface area contributed by atoms with Crippen molar-refractivity contribution >= 4 is 29.0 Å². The summed E-state index contributed by atoms with van der Waals surface area (Å²) < 4.78 is 42.5. The molecule has 1 fully saturated rings. The molecule has 36 heavy (non-hydrogen) atoms. The number of hydrogen-bond donors (Lipinski definition) is 4. The molecule has 2 amide bonds. The molecule has 0 saturated carbocycles. The number of amides is 2. The Morgan fingerprint density at radius 2 is 2.00 bits per heavy atom. The van der Waals surface area contributed by atoms with Crippen molar-refractivity contribution in [2.75, 3.05) is 25.0 Å². The van der Waals surface area contributed by atoms with Crippen LogP contribution in [0.3, 0.4) is 0 Å². The van der Waals surface area contributed by atoms with E-state index in [4.69, 9.17) is 5.11 Å². The Hall–Kier alpha value is -2.77. The first-order valence-electron chi connectivity index (χ1n) is 11.5. The number of aliphatic hydroxyl groups excluding tert-OH is 2. The van der Waals surface area contributed by atoms with Gasteiger partial charge >= 0.3 is 6.18 Å². The van der Waals surface area contributed by atoms with Gasteiger partial charge in [0.1, 0.15) is 11.5 Å². The van der Waals surface area contributed by atoms with Crippen LogP contribution < -0.4 is 10.6 Å². The predicted molar refractivity (Wildman–Crippen MR) is 129 cm³/mol. The van der Waals surface area contributed by atoms with Crippen molar-refractivity contribution in [2.45, 2.75) is 64.4 Å². The number of likely N-dealkylation sites (tertiary alicyclic amines) is 1. The van der Waals surface area contributed by atoms with Gasteiger partial charge in [0, 0.05) is 36.4 Å². The van der Waals surface area contributed by atoms with E-state index in [0.717, 1.165) is 25.1 Å². The lowest BCUT2D eigenvalue weighted by atomic mass is 10.1. The molecule has 9 nitrogen and oxygen atoms in total. The van der Waals surface area contributed by atoms with E-state index in [1.165, 1.54) is 4.90 Å². The van der Waals surface area contributed by atoms with Crippen molar-refractivity contribution in [3.63, 3.8) is 0 Å². The van der Waals surface area contributed by atoms with E-state index in [2.05, 4.69) is 20.6 Å². The van der Waals surface area contributed by atoms with E-state index in [1.807, 2.05) is 6.92 Å². The number of nitrogens with one attached hydrogen (secondary N) is 2. The molecule has 4 N–H and O–H groups in total. The molecular weight excluding hydrogens is 499 g/mol. The Balaban J connectivity index is 2.12. The van der Waals surface area contributed by atoms with Gasteiger partial charge in [0.25, 0.3) is 11.8 Å². The van der Waals surface area contributed by atoms with Gasteiger partial charge in [0.15, 0.2) is 5.01 Å². The molecule has 1 aliphatic rings. The number of pyridine rings is 1. The molecular formula is C23H30F3N5O4S. The van der Waals surface area contributed by atoms with Crippen LogP contribution >= 0.6 is 11.3 Å². The molecule has 0 aliphatic carbocycles. The minimum Gasteiger partial charge on any atom is -0.394 e. The van der Waals surface area contributed by atoms with E-state index in [-0.39, 0.29) is 39.5 Å². The van der Waals surface area contributed by atoms with Crippen molar-refractivity contribution in [3.05, 3.63) is 28.5 Å². The summed E-state index contributed by atoms with van der Waals surface area (Å²) in [7, 11) is 0. The second-order valence-electron chi connectivity index (χ2n) is 9.72. The smallest absolute Gasteiger partial charge is 0.394 e. The SMILES string of the molecule is C[C@H]1CCCN1C(=O)c1nc(C(=O)NC[C@@H](O)CO)sc1-c1cnc(NC(C)(C)C)cc1C(F)(F)F. The Morgan fingerprint density at radius 1 is 1.31 bits per heavy atom. The van der Waals surface area contributed by atoms with Gasteiger partial charge in [-0.3, -0.25) is 9.59 Å². The highest BCUT2D eigenvalue weighted by molar-refractivity contribution is 7.17. The van der Waals surface area contributed by atoms with E-state index in [1.54, 1.807) is 20.8 Å². The highest BCUT2D eigenvalue weighted by atomic mass is 32.1. The van der Waals surface area contributed by atoms with Crippen LogP contribution in [0.25, 0.3) is 10.4 Å². The summed E-state index contributed by atoms with van der Waals surface area (Å²) in [6.07, 6.45) is -3.46. The third-order valence-electron chi connectivity index (χ3n) is 5.50. The molecule has 2 aromatic heterocycles. The number of alkyl halides is 3. The minimum absolute atomic E-state index is 0.0140. The average Bonchev–Trinajstić information content (AvgIpc) is 3.41. The third kappa shape index (κ3) is 6.51. The fourth-order valence-electron chi connectivity index (χ4n) is 3.79. The number of carbonyl (C=O) groups is 2. The van der Waals surface area contributed by atoms with Crippen LogP contribution in [0.1, 0.15) is 66.4 Å². The standard InChI is InChI=1S/C23H30F3N5O4S/c1-12-6-5-7-31(12)21(35)17-18(36-20(29-17)19(34)28-9-13(33)11-32)14-10-27-16(30-22(2,3)4)8-15(14)23(24,25)26/h8,10,12-13,32-33H,5-7,9,11H2,1-4H3,(H,27,30)(H,28,34)/t12-,13+/m0/s1. The number of rotatable bonds is 7. The quantitative estimate of drug-likeness (QED) is 0.434. The maximum atomic E-state index is 14.2. The molecule has 3 rings (SSSR count). The number of anilines is 1. The van der Waals surface area contributed by atoms with Gasteiger partial charge in [0.2, 0.25) is 0 Å². The fraction of sp³-hybridized carbons (Fsp3) is 0.565. The lowest BCUT2D eigenvalue weighted by molar-refractivity contribution is -0.137. The topological polar surface area (TPSA) is 128 Å². The van der Waals surface area contributed by atoms with Gasteiger partial charge in [-0.2, -0.15) is 13.2 Å². The number of nitrogens with zero attached hydrogens (tertiary/aromatic N) is 3. The number of thiazole rings is 1. The maximum absolute atomic E-state index is 14.2. The molecule has 2 atom stereocenters. The number of carbonyl (C=O) groups excluding carboxylic acids is 2. The lowest BCUT2D eigenvalue weighted by Crippen LogP contribution is -2.35. The van der Waals surface area contributed by atoms with Crippen molar-refractivity contribution in [2.24, 2.45) is 0 Å². The van der Waals surface area contributed by atoms with Crippen LogP contribution in [0.2, 0.25) is 0 Å². The van der Waals surface area contributed by atoms with Crippen molar-refractivity contribution in [3.8, 4) is 10.4 Å². The number of aromatic nitrogens is 2. The summed E-state index contributed by atoms with van der Waals surface area (Å²) in [5.74, 6) is -1.33. The summed E-state index contributed by atoms with van der Waals surface area (Å²) in [4.78, 5) is 35.7. The Morgan fingerprint density at radius 3 is 2.56 bits per heavy atom. The molecule has 1 aliphatic heterocycles. The molecule has 0 radical (unpaired) electrons. The van der Waals surface area contributed by atoms with Crippen LogP contribution in [-0.2, 0) is 6.18 Å². The van der Waals surface area contributed by atoms with Crippen molar-refractivity contribution < 1.29 is 33.0 Å². The fourth-order valence-corrected chi connectivity index (χ4v) is 4.79. The molecule has 3 heterocycles. The largest absolute Gasteiger partial charge is 0.417 e. The van der Waals surface area contributed by atoms with Crippen molar-refractivity contribution in [1.29, 1.82) is 0 Å². The molecule has 0 unspecified atom stereocenters. The van der Waals surface area contributed by atoms with Gasteiger partial charge in [-0.15, -0.1) is 11.3 Å². The predicted octanol–water partition coefficient (Wildman–Crippen LogP) is 3.14. The molecule has 1 saturated heterocycles. The second kappa shape index (κ2) is 10.7. The van der Waals surface area contributed by atoms with Crippen LogP contribution in [0.15, 0.2) is 12.3 Å². The summed E-state index contributed by atoms with van der Waals surface area (Å²) in [6, 6.07) is 0.757. The molecule has 2 aromatic rings. The summed E-state index contributed by atoms with van der Waals surface area (Å²) >= 11 is 0.642. The Kier molecular flexibility index (Phi) is 8.26. The highest BCUT2D eigenvalue weighted by Gasteiger charge is 2.38. The first-order chi connectivity index (χ1) is 16.7. The van der Waals surface area contributed by atoms with E-state index >= 15 is 0 Å². The highest BCUT2D eigenvalue weighted by Crippen LogP contribution is 2.42. The number of halogens is 3. The van der Waals surface area contributed by atoms with Gasteiger partial charge in [0.05, 0.1) is 23.2 Å². The molecule has 0 bridgehead atoms. The van der Waals surface area contributed by atoms with Gasteiger partial charge in [-0.1, -0.05) is 0 Å². The van der Waals surface area contributed by atoms with Gasteiger partial charge in [-0.25, -0.2) is 9.97 Å². The van der Waals surface area contributed by atoms with Crippen LogP contribution in [0, 0.1) is 0 Å². The Labute approximate surface area is 210 Å². The number of aliphatic hydroxyl groups is 2. The van der Waals surface area contributed by atoms with Crippen LogP contribution in [-0.4, -0.2) is 74.3 Å². The first-order valence-corrected chi connectivity index (χ1v) is 12.3. The zero-order chi connectivity index (χ0) is 26.8. The van der Waals surface area contributed by atoms with Crippen molar-refractivity contribution in [1.82, 2.24) is 20.2 Å². The zero-order valence-electron chi connectivity index (χ0n) is 20.4.